The van der Waals surface area contributed by atoms with E-state index in [1.807, 2.05) is 0 Å². The molecule has 1 aromatic carbocycles. The van der Waals surface area contributed by atoms with Gasteiger partial charge in [0.15, 0.2) is 5.69 Å². The molecule has 1 amide bonds. The Morgan fingerprint density at radius 1 is 1.47 bits per heavy atom. The second-order valence-electron chi connectivity index (χ2n) is 7.63. The van der Waals surface area contributed by atoms with E-state index in [1.165, 1.54) is 11.9 Å². The minimum absolute atomic E-state index is 0.0782. The number of aliphatic hydroxyl groups is 1. The number of aryl methyl sites for hydroxylation is 1. The number of rotatable bonds is 4. The van der Waals surface area contributed by atoms with Gasteiger partial charge < -0.3 is 20.6 Å². The Morgan fingerprint density at radius 2 is 2.20 bits per heavy atom. The number of aromatic nitrogens is 2. The third-order valence-corrected chi connectivity index (χ3v) is 6.31. The molecule has 2 fully saturated rings. The maximum atomic E-state index is 14.8. The highest BCUT2D eigenvalue weighted by Gasteiger charge is 2.50. The Labute approximate surface area is 185 Å². The van der Waals surface area contributed by atoms with Crippen molar-refractivity contribution in [3.63, 3.8) is 0 Å². The second-order valence-corrected chi connectivity index (χ2v) is 8.95. The normalized spacial score (nSPS) is 20.2. The molecule has 0 radical (unpaired) electrons. The van der Waals surface area contributed by atoms with Gasteiger partial charge in [0.25, 0.3) is 5.91 Å². The van der Waals surface area contributed by atoms with E-state index >= 15 is 0 Å². The van der Waals surface area contributed by atoms with E-state index in [1.54, 1.807) is 18.2 Å². The molecule has 0 bridgehead atoms. The highest BCUT2D eigenvalue weighted by Crippen LogP contribution is 2.33. The summed E-state index contributed by atoms with van der Waals surface area (Å²) >= 11 is 9.48. The number of halogens is 3. The van der Waals surface area contributed by atoms with Crippen molar-refractivity contribution in [1.82, 2.24) is 20.0 Å². The van der Waals surface area contributed by atoms with Crippen LogP contribution in [-0.4, -0.2) is 57.0 Å². The predicted molar refractivity (Wildman–Crippen MR) is 114 cm³/mol. The summed E-state index contributed by atoms with van der Waals surface area (Å²) in [4.78, 5) is 26.5. The third kappa shape index (κ3) is 3.73. The average molecular weight is 501 g/mol. The van der Waals surface area contributed by atoms with E-state index < -0.39 is 22.9 Å². The molecule has 3 N–H and O–H groups in total. The number of nitrogens with one attached hydrogen (secondary N) is 2. The molecule has 2 aromatic rings. The summed E-state index contributed by atoms with van der Waals surface area (Å²) in [7, 11) is 1.27. The fourth-order valence-corrected chi connectivity index (χ4v) is 4.58. The number of anilines is 2. The molecule has 2 aliphatic rings. The number of benzene rings is 1. The summed E-state index contributed by atoms with van der Waals surface area (Å²) in [5.41, 5.74) is -2.28. The number of carbonyl (C=O) groups excluding carboxylic acids is 1. The number of amides is 1. The van der Waals surface area contributed by atoms with Gasteiger partial charge in [-0.2, -0.15) is 9.49 Å². The number of likely N-dealkylation sites (tertiary alicyclic amines) is 1. The summed E-state index contributed by atoms with van der Waals surface area (Å²) in [6, 6.07) is 4.80. The largest absolute Gasteiger partial charge is 0.385 e. The standard InChI is InChI=1S/C19H20BrClFN5O3/c1-26-17(28)14(22)15(24-12-5-4-10(20)7-11(12)21)16(25-26)18(29)27-8-19(30,9-27)13-3-2-6-23-13/h4-5,7,13,23-24,30H,2-3,6,8-9H2,1H3. The molecular weight excluding hydrogens is 481 g/mol. The monoisotopic (exact) mass is 499 g/mol. The van der Waals surface area contributed by atoms with Crippen LogP contribution in [0.5, 0.6) is 0 Å². The van der Waals surface area contributed by atoms with E-state index in [-0.39, 0.29) is 35.5 Å². The van der Waals surface area contributed by atoms with Crippen LogP contribution in [0.4, 0.5) is 15.8 Å². The average Bonchev–Trinajstić information content (AvgIpc) is 3.22. The molecular formula is C19H20BrClFN5O3. The summed E-state index contributed by atoms with van der Waals surface area (Å²) in [6.45, 7) is 1.04. The van der Waals surface area contributed by atoms with Crippen LogP contribution in [0, 0.1) is 5.82 Å². The van der Waals surface area contributed by atoms with E-state index in [2.05, 4.69) is 31.7 Å². The van der Waals surface area contributed by atoms with Gasteiger partial charge in [-0.3, -0.25) is 9.59 Å². The zero-order chi connectivity index (χ0) is 21.6. The molecule has 0 aliphatic carbocycles. The third-order valence-electron chi connectivity index (χ3n) is 5.51. The van der Waals surface area contributed by atoms with Gasteiger partial charge in [0, 0.05) is 17.6 Å². The lowest BCUT2D eigenvalue weighted by molar-refractivity contribution is -0.101. The Hall–Kier alpha value is -2.01. The summed E-state index contributed by atoms with van der Waals surface area (Å²) < 4.78 is 16.3. The van der Waals surface area contributed by atoms with E-state index in [9.17, 15) is 19.1 Å². The summed E-state index contributed by atoms with van der Waals surface area (Å²) in [5, 5.41) is 21.0. The molecule has 4 rings (SSSR count). The van der Waals surface area contributed by atoms with Crippen molar-refractivity contribution < 1.29 is 14.3 Å². The van der Waals surface area contributed by atoms with Crippen LogP contribution >= 0.6 is 27.5 Å². The topological polar surface area (TPSA) is 99.5 Å². The minimum Gasteiger partial charge on any atom is -0.385 e. The van der Waals surface area contributed by atoms with Gasteiger partial charge in [0.2, 0.25) is 5.82 Å². The quantitative estimate of drug-likeness (QED) is 0.594. The molecule has 160 valence electrons. The Balaban J connectivity index is 1.64. The summed E-state index contributed by atoms with van der Waals surface area (Å²) in [6.07, 6.45) is 1.80. The van der Waals surface area contributed by atoms with E-state index in [4.69, 9.17) is 11.6 Å². The van der Waals surface area contributed by atoms with Crippen molar-refractivity contribution in [2.75, 3.05) is 25.0 Å². The Bertz CT molecular complexity index is 1070. The zero-order valence-electron chi connectivity index (χ0n) is 16.1. The molecule has 30 heavy (non-hydrogen) atoms. The van der Waals surface area contributed by atoms with E-state index in [0.717, 1.165) is 28.5 Å². The predicted octanol–water partition coefficient (Wildman–Crippen LogP) is 2.02. The molecule has 11 heteroatoms. The minimum atomic E-state index is -1.14. The maximum Gasteiger partial charge on any atom is 0.304 e. The fourth-order valence-electron chi connectivity index (χ4n) is 3.86. The van der Waals surface area contributed by atoms with Gasteiger partial charge in [-0.15, -0.1) is 0 Å². The molecule has 1 aromatic heterocycles. The first kappa shape index (κ1) is 21.2. The maximum absolute atomic E-state index is 14.8. The lowest BCUT2D eigenvalue weighted by Gasteiger charge is -2.49. The first-order chi connectivity index (χ1) is 14.2. The number of carbonyl (C=O) groups is 1. The molecule has 8 nitrogen and oxygen atoms in total. The van der Waals surface area contributed by atoms with E-state index in [0.29, 0.717) is 5.69 Å². The first-order valence-corrected chi connectivity index (χ1v) is 10.6. The number of hydrogen-bond acceptors (Lipinski definition) is 6. The highest BCUT2D eigenvalue weighted by atomic mass is 79.9. The van der Waals surface area contributed by atoms with Crippen molar-refractivity contribution in [2.45, 2.75) is 24.5 Å². The molecule has 1 atom stereocenters. The lowest BCUT2D eigenvalue weighted by atomic mass is 9.85. The number of nitrogens with zero attached hydrogens (tertiary/aromatic N) is 3. The fraction of sp³-hybridized carbons (Fsp3) is 0.421. The first-order valence-electron chi connectivity index (χ1n) is 9.43. The number of β-amino-alcohol motifs (C(OH)–C–C–N with tert-alkyl or cyclic N) is 1. The molecule has 2 aliphatic heterocycles. The van der Waals surface area contributed by atoms with Crippen molar-refractivity contribution in [3.05, 3.63) is 49.6 Å². The number of hydrogen-bond donors (Lipinski definition) is 3. The van der Waals surface area contributed by atoms with Crippen molar-refractivity contribution in [3.8, 4) is 0 Å². The second kappa shape index (κ2) is 7.92. The summed E-state index contributed by atoms with van der Waals surface area (Å²) in [5.74, 6) is -1.72. The molecule has 0 saturated carbocycles. The van der Waals surface area contributed by atoms with Crippen molar-refractivity contribution in [1.29, 1.82) is 0 Å². The molecule has 0 spiro atoms. The Morgan fingerprint density at radius 3 is 2.83 bits per heavy atom. The van der Waals surface area contributed by atoms with Crippen molar-refractivity contribution >= 4 is 44.8 Å². The van der Waals surface area contributed by atoms with Crippen LogP contribution in [-0.2, 0) is 7.05 Å². The van der Waals surface area contributed by atoms with Gasteiger partial charge in [-0.1, -0.05) is 27.5 Å². The van der Waals surface area contributed by atoms with Crippen LogP contribution in [0.2, 0.25) is 5.02 Å². The molecule has 3 heterocycles. The van der Waals surface area contributed by atoms with Crippen LogP contribution in [0.15, 0.2) is 27.5 Å². The SMILES string of the molecule is Cn1nc(C(=O)N2CC(O)(C3CCCN3)C2)c(Nc2ccc(Br)cc2Cl)c(F)c1=O. The lowest BCUT2D eigenvalue weighted by Crippen LogP contribution is -2.70. The van der Waals surface area contributed by atoms with Gasteiger partial charge >= 0.3 is 5.56 Å². The van der Waals surface area contributed by atoms with Gasteiger partial charge in [0.1, 0.15) is 11.3 Å². The zero-order valence-corrected chi connectivity index (χ0v) is 18.4. The van der Waals surface area contributed by atoms with Crippen LogP contribution in [0.1, 0.15) is 23.3 Å². The van der Waals surface area contributed by atoms with Crippen LogP contribution in [0.25, 0.3) is 0 Å². The van der Waals surface area contributed by atoms with Crippen molar-refractivity contribution in [2.24, 2.45) is 7.05 Å². The van der Waals surface area contributed by atoms with Crippen LogP contribution < -0.4 is 16.2 Å². The molecule has 2 saturated heterocycles. The Kier molecular flexibility index (Phi) is 5.60. The van der Waals surface area contributed by atoms with Crippen LogP contribution in [0.3, 0.4) is 0 Å². The van der Waals surface area contributed by atoms with Gasteiger partial charge in [-0.25, -0.2) is 4.68 Å². The smallest absolute Gasteiger partial charge is 0.304 e. The van der Waals surface area contributed by atoms with Gasteiger partial charge in [-0.05, 0) is 37.6 Å². The van der Waals surface area contributed by atoms with Gasteiger partial charge in [0.05, 0.1) is 23.8 Å². The molecule has 1 unspecified atom stereocenters. The highest BCUT2D eigenvalue weighted by molar-refractivity contribution is 9.10.